The molecule has 0 aromatic carbocycles. The lowest BCUT2D eigenvalue weighted by Gasteiger charge is -2.08. The van der Waals surface area contributed by atoms with Crippen molar-refractivity contribution >= 4 is 15.9 Å². The van der Waals surface area contributed by atoms with Gasteiger partial charge in [-0.2, -0.15) is 13.2 Å². The van der Waals surface area contributed by atoms with Gasteiger partial charge in [-0.25, -0.2) is 8.78 Å². The molecule has 0 nitrogen and oxygen atoms in total. The van der Waals surface area contributed by atoms with Crippen molar-refractivity contribution in [1.82, 2.24) is 0 Å². The van der Waals surface area contributed by atoms with Crippen molar-refractivity contribution in [3.63, 3.8) is 0 Å². The van der Waals surface area contributed by atoms with Crippen LogP contribution < -0.4 is 0 Å². The maximum absolute atomic E-state index is 11.7. The van der Waals surface area contributed by atoms with Crippen LogP contribution in [0.15, 0.2) is 10.8 Å². The minimum atomic E-state index is -4.40. The Kier molecular flexibility index (Phi) is 3.27. The van der Waals surface area contributed by atoms with Gasteiger partial charge in [0.15, 0.2) is 4.74 Å². The zero-order valence-corrected chi connectivity index (χ0v) is 6.01. The number of rotatable bonds is 2. The molecule has 0 unspecified atom stereocenters. The summed E-state index contributed by atoms with van der Waals surface area (Å²) in [5, 5.41) is 0. The van der Waals surface area contributed by atoms with E-state index < -0.39 is 23.2 Å². The van der Waals surface area contributed by atoms with Gasteiger partial charge in [0.25, 0.3) is 0 Å². The van der Waals surface area contributed by atoms with Crippen LogP contribution in [0.4, 0.5) is 22.0 Å². The zero-order valence-electron chi connectivity index (χ0n) is 4.42. The van der Waals surface area contributed by atoms with E-state index in [9.17, 15) is 22.0 Å². The highest BCUT2D eigenvalue weighted by Gasteiger charge is 2.38. The Labute approximate surface area is 61.8 Å². The molecule has 10 heavy (non-hydrogen) atoms. The molecule has 0 atom stereocenters. The molecule has 0 aliphatic carbocycles. The van der Waals surface area contributed by atoms with Gasteiger partial charge in [-0.05, 0) is 15.9 Å². The molecular formula is C4H2BrF5. The quantitative estimate of drug-likeness (QED) is 0.633. The lowest BCUT2D eigenvalue weighted by atomic mass is 10.3. The number of allylic oxidation sites excluding steroid dienone is 1. The summed E-state index contributed by atoms with van der Waals surface area (Å²) in [4.78, 5) is 0. The van der Waals surface area contributed by atoms with Crippen molar-refractivity contribution in [2.45, 2.75) is 12.3 Å². The molecule has 0 saturated heterocycles. The summed E-state index contributed by atoms with van der Waals surface area (Å²) in [5.41, 5.74) is 0. The lowest BCUT2D eigenvalue weighted by molar-refractivity contribution is -0.0913. The molecule has 0 aromatic heterocycles. The first kappa shape index (κ1) is 9.87. The van der Waals surface area contributed by atoms with E-state index in [4.69, 9.17) is 0 Å². The molecular weight excluding hydrogens is 223 g/mol. The van der Waals surface area contributed by atoms with Crippen LogP contribution in [0.3, 0.4) is 0 Å². The molecule has 0 aromatic rings. The average molecular weight is 225 g/mol. The highest BCUT2D eigenvalue weighted by molar-refractivity contribution is 9.11. The third-order valence-electron chi connectivity index (χ3n) is 0.592. The van der Waals surface area contributed by atoms with Gasteiger partial charge in [0, 0.05) is 6.08 Å². The van der Waals surface area contributed by atoms with Gasteiger partial charge in [0.1, 0.15) is 0 Å². The van der Waals surface area contributed by atoms with E-state index in [0.717, 1.165) is 0 Å². The Morgan fingerprint density at radius 2 is 1.80 bits per heavy atom. The summed E-state index contributed by atoms with van der Waals surface area (Å²) >= 11 is 1.96. The van der Waals surface area contributed by atoms with Gasteiger partial charge in [-0.3, -0.25) is 0 Å². The van der Waals surface area contributed by atoms with Crippen LogP contribution in [0.25, 0.3) is 0 Å². The van der Waals surface area contributed by atoms with Crippen molar-refractivity contribution in [2.75, 3.05) is 0 Å². The second kappa shape index (κ2) is 3.32. The summed E-state index contributed by atoms with van der Waals surface area (Å²) in [6, 6.07) is 0. The van der Waals surface area contributed by atoms with Crippen LogP contribution in [0.2, 0.25) is 0 Å². The zero-order chi connectivity index (χ0) is 8.36. The lowest BCUT2D eigenvalue weighted by Crippen LogP contribution is -2.23. The molecule has 0 fully saturated rings. The topological polar surface area (TPSA) is 0 Å². The van der Waals surface area contributed by atoms with Gasteiger partial charge in [0.2, 0.25) is 0 Å². The summed E-state index contributed by atoms with van der Waals surface area (Å²) in [7, 11) is 0. The molecule has 0 aliphatic rings. The fraction of sp³-hybridized carbons (Fsp3) is 0.500. The van der Waals surface area contributed by atoms with Crippen molar-refractivity contribution in [1.29, 1.82) is 0 Å². The van der Waals surface area contributed by atoms with Gasteiger partial charge in [0.05, 0.1) is 0 Å². The maximum Gasteiger partial charge on any atom is 0.329 e. The first-order valence-electron chi connectivity index (χ1n) is 2.06. The predicted molar refractivity (Wildman–Crippen MR) is 29.1 cm³/mol. The SMILES string of the molecule is FC(Br)=CC(F)(F)C(F)F. The van der Waals surface area contributed by atoms with Crippen LogP contribution in [0.1, 0.15) is 0 Å². The van der Waals surface area contributed by atoms with E-state index in [1.165, 1.54) is 0 Å². The third kappa shape index (κ3) is 3.14. The maximum atomic E-state index is 11.7. The molecule has 0 rings (SSSR count). The number of halogens is 6. The molecule has 0 radical (unpaired) electrons. The van der Waals surface area contributed by atoms with E-state index in [-0.39, 0.29) is 0 Å². The largest absolute Gasteiger partial charge is 0.329 e. The highest BCUT2D eigenvalue weighted by atomic mass is 79.9. The first-order chi connectivity index (χ1) is 4.36. The number of hydrogen-bond acceptors (Lipinski definition) is 0. The van der Waals surface area contributed by atoms with Crippen molar-refractivity contribution < 1.29 is 22.0 Å². The molecule has 0 saturated carbocycles. The van der Waals surface area contributed by atoms with Gasteiger partial charge < -0.3 is 0 Å². The Morgan fingerprint density at radius 3 is 1.90 bits per heavy atom. The minimum absolute atomic E-state index is 0.488. The second-order valence-corrected chi connectivity index (χ2v) is 2.17. The second-order valence-electron chi connectivity index (χ2n) is 1.41. The van der Waals surface area contributed by atoms with Crippen LogP contribution in [-0.4, -0.2) is 12.3 Å². The van der Waals surface area contributed by atoms with Gasteiger partial charge in [-0.15, -0.1) is 0 Å². The number of alkyl halides is 4. The Balaban J connectivity index is 4.27. The summed E-state index contributed by atoms with van der Waals surface area (Å²) in [6.07, 6.45) is -4.37. The van der Waals surface area contributed by atoms with Crippen molar-refractivity contribution in [3.8, 4) is 0 Å². The monoisotopic (exact) mass is 224 g/mol. The smallest absolute Gasteiger partial charge is 0.203 e. The summed E-state index contributed by atoms with van der Waals surface area (Å²) in [6.45, 7) is 0. The Bertz CT molecular complexity index is 137. The molecule has 0 heterocycles. The fourth-order valence-electron chi connectivity index (χ4n) is 0.208. The van der Waals surface area contributed by atoms with Crippen molar-refractivity contribution in [2.24, 2.45) is 0 Å². The van der Waals surface area contributed by atoms with Crippen LogP contribution in [0.5, 0.6) is 0 Å². The predicted octanol–water partition coefficient (Wildman–Crippen LogP) is 3.09. The van der Waals surface area contributed by atoms with E-state index in [1.807, 2.05) is 15.9 Å². The Hall–Kier alpha value is -0.130. The van der Waals surface area contributed by atoms with E-state index >= 15 is 0 Å². The Morgan fingerprint density at radius 1 is 1.40 bits per heavy atom. The van der Waals surface area contributed by atoms with Crippen LogP contribution in [-0.2, 0) is 0 Å². The average Bonchev–Trinajstić information content (AvgIpc) is 1.60. The van der Waals surface area contributed by atoms with Crippen LogP contribution >= 0.6 is 15.9 Å². The first-order valence-corrected chi connectivity index (χ1v) is 2.85. The van der Waals surface area contributed by atoms with Crippen molar-refractivity contribution in [3.05, 3.63) is 10.8 Å². The summed E-state index contributed by atoms with van der Waals surface area (Å²) in [5.74, 6) is -4.40. The molecule has 0 aliphatic heterocycles. The number of hydrogen-bond donors (Lipinski definition) is 0. The van der Waals surface area contributed by atoms with Gasteiger partial charge in [-0.1, -0.05) is 0 Å². The van der Waals surface area contributed by atoms with E-state index in [2.05, 4.69) is 0 Å². The summed E-state index contributed by atoms with van der Waals surface area (Å²) < 4.78 is 55.8. The van der Waals surface area contributed by atoms with Gasteiger partial charge >= 0.3 is 12.3 Å². The normalized spacial score (nSPS) is 14.5. The molecule has 60 valence electrons. The standard InChI is InChI=1S/C4H2BrF5/c5-2(6)1-4(9,10)3(7)8/h1,3H. The minimum Gasteiger partial charge on any atom is -0.203 e. The molecule has 6 heteroatoms. The molecule has 0 N–H and O–H groups in total. The fourth-order valence-corrected chi connectivity index (χ4v) is 0.514. The molecule has 0 bridgehead atoms. The highest BCUT2D eigenvalue weighted by Crippen LogP contribution is 2.27. The molecule has 0 spiro atoms. The molecule has 0 amide bonds. The van der Waals surface area contributed by atoms with E-state index in [1.54, 1.807) is 0 Å². The third-order valence-corrected chi connectivity index (χ3v) is 0.821. The van der Waals surface area contributed by atoms with Crippen LogP contribution in [0, 0.1) is 0 Å². The van der Waals surface area contributed by atoms with E-state index in [0.29, 0.717) is 0 Å².